The standard InChI is InChI=1S/C28H27NO4/c1-18-25(26(30)19-9-7-6-8-10-19)23-17-22(33-27(31)28(2,3)4)15-16-24(23)29(18)20-11-13-21(32-5)14-12-20/h6-17H,1-5H3. The van der Waals surface area contributed by atoms with Gasteiger partial charge in [0.25, 0.3) is 0 Å². The van der Waals surface area contributed by atoms with Gasteiger partial charge in [-0.3, -0.25) is 9.59 Å². The Morgan fingerprint density at radius 1 is 0.848 bits per heavy atom. The Hall–Kier alpha value is -3.86. The van der Waals surface area contributed by atoms with Crippen molar-refractivity contribution in [3.05, 3.63) is 89.6 Å². The Bertz CT molecular complexity index is 1330. The summed E-state index contributed by atoms with van der Waals surface area (Å²) in [4.78, 5) is 26.0. The van der Waals surface area contributed by atoms with E-state index in [0.29, 0.717) is 16.9 Å². The maximum atomic E-state index is 13.6. The maximum absolute atomic E-state index is 13.6. The van der Waals surface area contributed by atoms with Gasteiger partial charge in [0, 0.05) is 22.3 Å². The first-order chi connectivity index (χ1) is 15.7. The van der Waals surface area contributed by atoms with E-state index in [1.807, 2.05) is 92.9 Å². The smallest absolute Gasteiger partial charge is 0.316 e. The van der Waals surface area contributed by atoms with Crippen LogP contribution in [-0.2, 0) is 4.79 Å². The first-order valence-electron chi connectivity index (χ1n) is 10.8. The summed E-state index contributed by atoms with van der Waals surface area (Å²) in [6.45, 7) is 7.36. The third-order valence-electron chi connectivity index (χ3n) is 5.59. The van der Waals surface area contributed by atoms with E-state index in [4.69, 9.17) is 9.47 Å². The summed E-state index contributed by atoms with van der Waals surface area (Å²) >= 11 is 0. The van der Waals surface area contributed by atoms with Crippen molar-refractivity contribution >= 4 is 22.7 Å². The van der Waals surface area contributed by atoms with Crippen LogP contribution in [0.5, 0.6) is 11.5 Å². The molecule has 0 unspecified atom stereocenters. The summed E-state index contributed by atoms with van der Waals surface area (Å²) in [6.07, 6.45) is 0. The number of fused-ring (bicyclic) bond motifs is 1. The van der Waals surface area contributed by atoms with E-state index in [1.54, 1.807) is 19.2 Å². The molecule has 4 rings (SSSR count). The van der Waals surface area contributed by atoms with E-state index in [0.717, 1.165) is 28.0 Å². The number of ether oxygens (including phenoxy) is 2. The van der Waals surface area contributed by atoms with Crippen molar-refractivity contribution in [2.75, 3.05) is 7.11 Å². The maximum Gasteiger partial charge on any atom is 0.316 e. The molecule has 3 aromatic carbocycles. The van der Waals surface area contributed by atoms with E-state index in [2.05, 4.69) is 0 Å². The quantitative estimate of drug-likeness (QED) is 0.212. The summed E-state index contributed by atoms with van der Waals surface area (Å²) in [5, 5.41) is 0.733. The van der Waals surface area contributed by atoms with Crippen molar-refractivity contribution in [2.24, 2.45) is 5.41 Å². The molecule has 0 fully saturated rings. The number of methoxy groups -OCH3 is 1. The van der Waals surface area contributed by atoms with Crippen LogP contribution in [0.2, 0.25) is 0 Å². The third-order valence-corrected chi connectivity index (χ3v) is 5.59. The molecule has 4 aromatic rings. The fourth-order valence-electron chi connectivity index (χ4n) is 3.81. The van der Waals surface area contributed by atoms with Crippen molar-refractivity contribution in [3.63, 3.8) is 0 Å². The van der Waals surface area contributed by atoms with Crippen molar-refractivity contribution in [2.45, 2.75) is 27.7 Å². The highest BCUT2D eigenvalue weighted by molar-refractivity contribution is 6.18. The lowest BCUT2D eigenvalue weighted by molar-refractivity contribution is -0.142. The van der Waals surface area contributed by atoms with Gasteiger partial charge in [-0.1, -0.05) is 30.3 Å². The number of aromatic nitrogens is 1. The zero-order chi connectivity index (χ0) is 23.8. The average Bonchev–Trinajstić information content (AvgIpc) is 3.09. The summed E-state index contributed by atoms with van der Waals surface area (Å²) < 4.78 is 13.0. The molecule has 1 heterocycles. The number of ketones is 1. The van der Waals surface area contributed by atoms with Gasteiger partial charge in [-0.25, -0.2) is 0 Å². The monoisotopic (exact) mass is 441 g/mol. The van der Waals surface area contributed by atoms with Gasteiger partial charge in [-0.05, 0) is 70.2 Å². The number of rotatable bonds is 5. The van der Waals surface area contributed by atoms with Crippen LogP contribution in [0.15, 0.2) is 72.8 Å². The van der Waals surface area contributed by atoms with Gasteiger partial charge in [0.05, 0.1) is 23.6 Å². The summed E-state index contributed by atoms with van der Waals surface area (Å²) in [7, 11) is 1.63. The number of esters is 1. The lowest BCUT2D eigenvalue weighted by Gasteiger charge is -2.16. The molecule has 0 spiro atoms. The van der Waals surface area contributed by atoms with E-state index in [1.165, 1.54) is 0 Å². The first-order valence-corrected chi connectivity index (χ1v) is 10.8. The summed E-state index contributed by atoms with van der Waals surface area (Å²) in [5.41, 5.74) is 3.12. The van der Waals surface area contributed by atoms with Crippen LogP contribution in [-0.4, -0.2) is 23.4 Å². The molecule has 0 radical (unpaired) electrons. The second-order valence-electron chi connectivity index (χ2n) is 9.01. The fourth-order valence-corrected chi connectivity index (χ4v) is 3.81. The van der Waals surface area contributed by atoms with E-state index < -0.39 is 5.41 Å². The highest BCUT2D eigenvalue weighted by atomic mass is 16.5. The minimum absolute atomic E-state index is 0.0790. The molecular formula is C28H27NO4. The minimum Gasteiger partial charge on any atom is -0.497 e. The van der Waals surface area contributed by atoms with Gasteiger partial charge < -0.3 is 14.0 Å². The van der Waals surface area contributed by atoms with Gasteiger partial charge in [-0.2, -0.15) is 0 Å². The van der Waals surface area contributed by atoms with Crippen molar-refractivity contribution in [3.8, 4) is 17.2 Å². The Labute approximate surface area is 193 Å². The lowest BCUT2D eigenvalue weighted by Crippen LogP contribution is -2.25. The van der Waals surface area contributed by atoms with Crippen LogP contribution >= 0.6 is 0 Å². The topological polar surface area (TPSA) is 57.5 Å². The molecule has 0 amide bonds. The Kier molecular flexibility index (Phi) is 5.81. The van der Waals surface area contributed by atoms with Crippen LogP contribution < -0.4 is 9.47 Å². The lowest BCUT2D eigenvalue weighted by atomic mass is 9.97. The fraction of sp³-hybridized carbons (Fsp3) is 0.214. The number of carbonyl (C=O) groups is 2. The molecule has 5 heteroatoms. The highest BCUT2D eigenvalue weighted by Crippen LogP contribution is 2.34. The normalized spacial score (nSPS) is 11.4. The molecule has 1 aromatic heterocycles. The highest BCUT2D eigenvalue weighted by Gasteiger charge is 2.26. The molecule has 0 bridgehead atoms. The van der Waals surface area contributed by atoms with Crippen LogP contribution in [0.4, 0.5) is 0 Å². The van der Waals surface area contributed by atoms with E-state index in [9.17, 15) is 9.59 Å². The molecule has 0 saturated heterocycles. The summed E-state index contributed by atoms with van der Waals surface area (Å²) in [5.74, 6) is 0.759. The molecule has 5 nitrogen and oxygen atoms in total. The molecule has 0 saturated carbocycles. The van der Waals surface area contributed by atoms with Crippen molar-refractivity contribution in [1.82, 2.24) is 4.57 Å². The predicted molar refractivity (Wildman–Crippen MR) is 130 cm³/mol. The van der Waals surface area contributed by atoms with Crippen molar-refractivity contribution in [1.29, 1.82) is 0 Å². The second kappa shape index (κ2) is 8.58. The van der Waals surface area contributed by atoms with Gasteiger partial charge >= 0.3 is 5.97 Å². The molecule has 0 aliphatic rings. The Balaban J connectivity index is 1.92. The van der Waals surface area contributed by atoms with Gasteiger partial charge in [0.2, 0.25) is 0 Å². The third kappa shape index (κ3) is 4.27. The molecular weight excluding hydrogens is 414 g/mol. The number of hydrogen-bond acceptors (Lipinski definition) is 4. The Morgan fingerprint density at radius 2 is 1.48 bits per heavy atom. The minimum atomic E-state index is -0.636. The number of carbonyl (C=O) groups excluding carboxylic acids is 2. The van der Waals surface area contributed by atoms with Gasteiger partial charge in [0.15, 0.2) is 5.78 Å². The molecule has 0 atom stereocenters. The summed E-state index contributed by atoms with van der Waals surface area (Å²) in [6, 6.07) is 22.3. The van der Waals surface area contributed by atoms with Gasteiger partial charge in [0.1, 0.15) is 11.5 Å². The second-order valence-corrected chi connectivity index (χ2v) is 9.01. The molecule has 33 heavy (non-hydrogen) atoms. The number of hydrogen-bond donors (Lipinski definition) is 0. The first kappa shape index (κ1) is 22.3. The average molecular weight is 442 g/mol. The predicted octanol–water partition coefficient (Wildman–Crippen LogP) is 6.13. The molecule has 0 N–H and O–H groups in total. The zero-order valence-electron chi connectivity index (χ0n) is 19.5. The van der Waals surface area contributed by atoms with E-state index in [-0.39, 0.29) is 11.8 Å². The molecule has 168 valence electrons. The number of benzene rings is 3. The largest absolute Gasteiger partial charge is 0.497 e. The van der Waals surface area contributed by atoms with Crippen LogP contribution in [0.1, 0.15) is 42.4 Å². The van der Waals surface area contributed by atoms with Crippen molar-refractivity contribution < 1.29 is 19.1 Å². The van der Waals surface area contributed by atoms with Crippen LogP contribution in [0, 0.1) is 12.3 Å². The van der Waals surface area contributed by atoms with Gasteiger partial charge in [-0.15, -0.1) is 0 Å². The SMILES string of the molecule is COc1ccc(-n2c(C)c(C(=O)c3ccccc3)c3cc(OC(=O)C(C)(C)C)ccc32)cc1. The van der Waals surface area contributed by atoms with E-state index >= 15 is 0 Å². The number of nitrogens with zero attached hydrogens (tertiary/aromatic N) is 1. The van der Waals surface area contributed by atoms with Crippen LogP contribution in [0.3, 0.4) is 0 Å². The Morgan fingerprint density at radius 3 is 2.09 bits per heavy atom. The van der Waals surface area contributed by atoms with Crippen LogP contribution in [0.25, 0.3) is 16.6 Å². The molecule has 0 aliphatic heterocycles. The zero-order valence-corrected chi connectivity index (χ0v) is 19.5. The molecule has 0 aliphatic carbocycles.